The summed E-state index contributed by atoms with van der Waals surface area (Å²) in [5.41, 5.74) is -0.335. The zero-order valence-corrected chi connectivity index (χ0v) is 31.9. The lowest BCUT2D eigenvalue weighted by atomic mass is 9.88. The molecule has 2 fully saturated rings. The number of benzene rings is 2. The molecule has 4 atom stereocenters. The van der Waals surface area contributed by atoms with E-state index in [0.717, 1.165) is 32.5 Å². The summed E-state index contributed by atoms with van der Waals surface area (Å²) in [5, 5.41) is 0. The van der Waals surface area contributed by atoms with Crippen LogP contribution in [0.3, 0.4) is 0 Å². The first kappa shape index (κ1) is 41.1. The maximum Gasteiger partial charge on any atom is 0.410 e. The van der Waals surface area contributed by atoms with E-state index in [9.17, 15) is 42.6 Å². The van der Waals surface area contributed by atoms with Crippen LogP contribution in [0.25, 0.3) is 0 Å². The molecule has 0 spiro atoms. The van der Waals surface area contributed by atoms with Gasteiger partial charge in [-0.15, -0.1) is 0 Å². The van der Waals surface area contributed by atoms with Gasteiger partial charge in [0.2, 0.25) is 0 Å². The molecule has 2 aliphatic heterocycles. The topological polar surface area (TPSA) is 179 Å². The van der Waals surface area contributed by atoms with Crippen molar-refractivity contribution < 1.29 is 52.0 Å². The molecule has 6 rings (SSSR count). The van der Waals surface area contributed by atoms with Gasteiger partial charge in [0.25, 0.3) is 6.47 Å². The van der Waals surface area contributed by atoms with E-state index < -0.39 is 45.8 Å². The number of amides is 1. The second-order valence-electron chi connectivity index (χ2n) is 15.3. The summed E-state index contributed by atoms with van der Waals surface area (Å²) in [4.78, 5) is 99.6. The number of carbonyl (C=O) groups excluding carboxylic acids is 8. The molecule has 0 saturated carbocycles. The van der Waals surface area contributed by atoms with E-state index in [0.29, 0.717) is 25.7 Å². The van der Waals surface area contributed by atoms with Crippen LogP contribution in [-0.4, -0.2) is 106 Å². The lowest BCUT2D eigenvalue weighted by molar-refractivity contribution is -0.138. The van der Waals surface area contributed by atoms with Gasteiger partial charge in [-0.05, 0) is 111 Å². The van der Waals surface area contributed by atoms with Gasteiger partial charge < -0.3 is 24.1 Å². The van der Waals surface area contributed by atoms with Crippen LogP contribution in [0.1, 0.15) is 102 Å². The maximum atomic E-state index is 13.2. The number of ketones is 5. The van der Waals surface area contributed by atoms with E-state index in [1.807, 2.05) is 53.5 Å². The van der Waals surface area contributed by atoms with Crippen LogP contribution >= 0.6 is 0 Å². The van der Waals surface area contributed by atoms with E-state index in [-0.39, 0.29) is 61.0 Å². The minimum Gasteiger partial charge on any atom is -0.462 e. The first-order valence-electron chi connectivity index (χ1n) is 17.4. The molecule has 0 N–H and O–H groups in total. The SMILES string of the molecule is CC(C)(C)OC(=O)N1CCCC1.CC(C)(C)OC=O.CN1CCC(C(=O)C2C(=O)c3ccc(S(=O)c4ccc5c(c4)C(=O)C(C=O)C5=O)cc3C2=O)C1. The number of aldehydes is 1. The van der Waals surface area contributed by atoms with Gasteiger partial charge in [-0.3, -0.25) is 28.8 Å². The van der Waals surface area contributed by atoms with Gasteiger partial charge in [0.05, 0.1) is 10.8 Å². The van der Waals surface area contributed by atoms with E-state index in [1.165, 1.54) is 36.4 Å². The molecular weight excluding hydrogens is 704 g/mol. The molecular formula is C39H46N2O11S. The zero-order chi connectivity index (χ0) is 39.4. The summed E-state index contributed by atoms with van der Waals surface area (Å²) in [7, 11) is 0.0457. The molecule has 14 heteroatoms. The molecule has 284 valence electrons. The Bertz CT molecular complexity index is 1850. The fourth-order valence-electron chi connectivity index (χ4n) is 6.29. The minimum absolute atomic E-state index is 0.0348. The molecule has 4 aliphatic rings. The Kier molecular flexibility index (Phi) is 12.8. The minimum atomic E-state index is -1.83. The quantitative estimate of drug-likeness (QED) is 0.298. The van der Waals surface area contributed by atoms with E-state index in [4.69, 9.17) is 4.74 Å². The Balaban J connectivity index is 0.000000271. The standard InChI is InChI=1S/C25H19NO7S.C9H17NO2.C5H10O2/c1-26-7-6-12(10-26)21(28)20-24(31)16-5-3-14(9-18(16)25(20)32)34(33)13-2-4-15-17(8-13)23(30)19(11-27)22(15)29;1-9(2,3)12-8(11)10-6-4-5-7-10;1-5(2,3)7-4-6/h2-5,8-9,11-12,19-20H,6-7,10H2,1H3;4-7H2,1-3H3;4H,1-3H3. The van der Waals surface area contributed by atoms with Crippen molar-refractivity contribution in [1.29, 1.82) is 0 Å². The van der Waals surface area contributed by atoms with Crippen molar-refractivity contribution in [3.63, 3.8) is 0 Å². The summed E-state index contributed by atoms with van der Waals surface area (Å²) < 4.78 is 23.0. The molecule has 2 aliphatic carbocycles. The fourth-order valence-corrected chi connectivity index (χ4v) is 7.40. The molecule has 2 aromatic rings. The number of carbonyl (C=O) groups is 8. The van der Waals surface area contributed by atoms with Crippen LogP contribution in [0.15, 0.2) is 46.2 Å². The Hall–Kier alpha value is -4.69. The summed E-state index contributed by atoms with van der Waals surface area (Å²) in [6.45, 7) is 14.5. The van der Waals surface area contributed by atoms with E-state index in [2.05, 4.69) is 4.74 Å². The zero-order valence-electron chi connectivity index (χ0n) is 31.1. The molecule has 13 nitrogen and oxygen atoms in total. The number of hydrogen-bond donors (Lipinski definition) is 0. The lowest BCUT2D eigenvalue weighted by Gasteiger charge is -2.23. The van der Waals surface area contributed by atoms with E-state index >= 15 is 0 Å². The molecule has 0 radical (unpaired) electrons. The predicted octanol–water partition coefficient (Wildman–Crippen LogP) is 4.54. The number of hydrogen-bond acceptors (Lipinski definition) is 12. The molecule has 53 heavy (non-hydrogen) atoms. The average molecular weight is 751 g/mol. The summed E-state index contributed by atoms with van der Waals surface area (Å²) in [6, 6.07) is 8.32. The number of ether oxygens (including phenoxy) is 2. The monoisotopic (exact) mass is 750 g/mol. The first-order valence-corrected chi connectivity index (χ1v) is 18.6. The summed E-state index contributed by atoms with van der Waals surface area (Å²) in [6.07, 6.45) is 2.95. The van der Waals surface area contributed by atoms with Crippen molar-refractivity contribution in [2.75, 3.05) is 33.2 Å². The smallest absolute Gasteiger partial charge is 0.410 e. The molecule has 2 heterocycles. The Morgan fingerprint density at radius 1 is 0.755 bits per heavy atom. The van der Waals surface area contributed by atoms with Crippen molar-refractivity contribution in [2.45, 2.75) is 81.8 Å². The third-order valence-corrected chi connectivity index (χ3v) is 10.3. The molecule has 0 bridgehead atoms. The second-order valence-corrected chi connectivity index (χ2v) is 16.8. The molecule has 2 saturated heterocycles. The van der Waals surface area contributed by atoms with Crippen molar-refractivity contribution in [3.8, 4) is 0 Å². The van der Waals surface area contributed by atoms with Gasteiger partial charge in [0, 0.05) is 57.6 Å². The van der Waals surface area contributed by atoms with Gasteiger partial charge in [-0.1, -0.05) is 0 Å². The van der Waals surface area contributed by atoms with Crippen LogP contribution in [0.5, 0.6) is 0 Å². The normalized spacial score (nSPS) is 21.5. The number of nitrogens with zero attached hydrogens (tertiary/aromatic N) is 2. The van der Waals surface area contributed by atoms with Gasteiger partial charge in [-0.25, -0.2) is 9.00 Å². The summed E-state index contributed by atoms with van der Waals surface area (Å²) in [5.74, 6) is -5.81. The van der Waals surface area contributed by atoms with E-state index in [1.54, 1.807) is 4.90 Å². The average Bonchev–Trinajstić information content (AvgIpc) is 3.87. The first-order chi connectivity index (χ1) is 24.8. The largest absolute Gasteiger partial charge is 0.462 e. The van der Waals surface area contributed by atoms with Crippen LogP contribution in [-0.2, 0) is 34.7 Å². The highest BCUT2D eigenvalue weighted by Crippen LogP contribution is 2.34. The van der Waals surface area contributed by atoms with Gasteiger partial charge >= 0.3 is 6.09 Å². The number of rotatable bonds is 6. The van der Waals surface area contributed by atoms with Gasteiger partial charge in [-0.2, -0.15) is 0 Å². The van der Waals surface area contributed by atoms with Crippen LogP contribution in [0.4, 0.5) is 4.79 Å². The predicted molar refractivity (Wildman–Crippen MR) is 192 cm³/mol. The third kappa shape index (κ3) is 9.65. The highest BCUT2D eigenvalue weighted by molar-refractivity contribution is 7.85. The van der Waals surface area contributed by atoms with Gasteiger partial charge in [0.1, 0.15) is 29.3 Å². The second kappa shape index (κ2) is 16.5. The number of Topliss-reactive ketones (excluding diaryl/α,β-unsaturated/α-hetero) is 5. The Morgan fingerprint density at radius 2 is 1.26 bits per heavy atom. The van der Waals surface area contributed by atoms with Crippen molar-refractivity contribution in [3.05, 3.63) is 58.7 Å². The van der Waals surface area contributed by atoms with Crippen molar-refractivity contribution in [1.82, 2.24) is 9.80 Å². The summed E-state index contributed by atoms with van der Waals surface area (Å²) >= 11 is 0. The lowest BCUT2D eigenvalue weighted by Crippen LogP contribution is -2.34. The van der Waals surface area contributed by atoms with Crippen molar-refractivity contribution in [2.24, 2.45) is 17.8 Å². The van der Waals surface area contributed by atoms with Crippen LogP contribution in [0.2, 0.25) is 0 Å². The third-order valence-electron chi connectivity index (χ3n) is 8.94. The highest BCUT2D eigenvalue weighted by Gasteiger charge is 2.46. The molecule has 0 aromatic heterocycles. The fraction of sp³-hybridized carbons (Fsp3) is 0.487. The number of fused-ring (bicyclic) bond motifs is 2. The maximum absolute atomic E-state index is 13.2. The Morgan fingerprint density at radius 3 is 1.72 bits per heavy atom. The highest BCUT2D eigenvalue weighted by atomic mass is 32.2. The Labute approximate surface area is 311 Å². The molecule has 4 unspecified atom stereocenters. The van der Waals surface area contributed by atoms with Crippen LogP contribution < -0.4 is 0 Å². The molecule has 1 amide bonds. The van der Waals surface area contributed by atoms with Crippen molar-refractivity contribution >= 4 is 58.6 Å². The number of likely N-dealkylation sites (tertiary alicyclic amines) is 2. The van der Waals surface area contributed by atoms with Crippen LogP contribution in [0, 0.1) is 17.8 Å². The molecule has 2 aromatic carbocycles. The van der Waals surface area contributed by atoms with Gasteiger partial charge in [0.15, 0.2) is 28.9 Å².